The molecular formula is C25H26N2O5S2. The molecule has 0 aliphatic carbocycles. The van der Waals surface area contributed by atoms with Gasteiger partial charge in [0, 0.05) is 12.0 Å². The number of nitrogens with zero attached hydrogens (tertiary/aromatic N) is 2. The van der Waals surface area contributed by atoms with Gasteiger partial charge in [-0.2, -0.15) is 0 Å². The zero-order valence-electron chi connectivity index (χ0n) is 19.3. The first-order valence-electron chi connectivity index (χ1n) is 11.0. The molecule has 1 aromatic carbocycles. The van der Waals surface area contributed by atoms with Gasteiger partial charge in [0.15, 0.2) is 4.80 Å². The van der Waals surface area contributed by atoms with Crippen molar-refractivity contribution in [3.05, 3.63) is 83.2 Å². The number of rotatable bonds is 9. The van der Waals surface area contributed by atoms with Gasteiger partial charge in [0.25, 0.3) is 5.56 Å². The van der Waals surface area contributed by atoms with E-state index in [0.717, 1.165) is 22.6 Å². The number of hydrogen-bond acceptors (Lipinski definition) is 8. The Hall–Kier alpha value is -3.01. The van der Waals surface area contributed by atoms with E-state index in [4.69, 9.17) is 14.2 Å². The first kappa shape index (κ1) is 24.1. The van der Waals surface area contributed by atoms with Crippen molar-refractivity contribution in [3.63, 3.8) is 0 Å². The van der Waals surface area contributed by atoms with Crippen molar-refractivity contribution < 1.29 is 19.0 Å². The second-order valence-corrected chi connectivity index (χ2v) is 9.63. The number of ether oxygens (including phenoxy) is 3. The highest BCUT2D eigenvalue weighted by Crippen LogP contribution is 2.33. The fourth-order valence-corrected chi connectivity index (χ4v) is 5.50. The summed E-state index contributed by atoms with van der Waals surface area (Å²) < 4.78 is 18.2. The molecule has 0 saturated heterocycles. The van der Waals surface area contributed by atoms with Gasteiger partial charge in [-0.1, -0.05) is 36.5 Å². The molecule has 1 atom stereocenters. The van der Waals surface area contributed by atoms with Gasteiger partial charge in [-0.25, -0.2) is 9.79 Å². The average molecular weight is 499 g/mol. The summed E-state index contributed by atoms with van der Waals surface area (Å²) in [5.41, 5.74) is 1.61. The lowest BCUT2D eigenvalue weighted by molar-refractivity contribution is -0.140. The number of hydrogen-bond donors (Lipinski definition) is 0. The van der Waals surface area contributed by atoms with Crippen molar-refractivity contribution in [1.29, 1.82) is 0 Å². The number of esters is 1. The molecule has 1 aliphatic heterocycles. The lowest BCUT2D eigenvalue weighted by Crippen LogP contribution is -2.39. The lowest BCUT2D eigenvalue weighted by Gasteiger charge is -2.23. The van der Waals surface area contributed by atoms with E-state index >= 15 is 0 Å². The zero-order valence-corrected chi connectivity index (χ0v) is 20.9. The molecule has 0 amide bonds. The third-order valence-electron chi connectivity index (χ3n) is 5.23. The summed E-state index contributed by atoms with van der Waals surface area (Å²) in [6, 6.07) is 10.9. The van der Waals surface area contributed by atoms with Gasteiger partial charge in [0.1, 0.15) is 18.4 Å². The quantitative estimate of drug-likeness (QED) is 0.334. The second-order valence-electron chi connectivity index (χ2n) is 7.64. The van der Waals surface area contributed by atoms with Gasteiger partial charge in [-0.3, -0.25) is 9.36 Å². The number of carbonyl (C=O) groups excluding carboxylic acids is 1. The number of thiophene rings is 1. The number of allylic oxidation sites excluding steroid dienone is 1. The summed E-state index contributed by atoms with van der Waals surface area (Å²) in [6.45, 7) is 4.93. The number of thiazole rings is 1. The lowest BCUT2D eigenvalue weighted by atomic mass is 10.0. The normalized spacial score (nSPS) is 15.7. The topological polar surface area (TPSA) is 79.1 Å². The van der Waals surface area contributed by atoms with Crippen molar-refractivity contribution in [3.8, 4) is 5.75 Å². The molecule has 3 heterocycles. The average Bonchev–Trinajstić information content (AvgIpc) is 3.46. The van der Waals surface area contributed by atoms with Crippen molar-refractivity contribution in [2.24, 2.45) is 4.99 Å². The summed E-state index contributed by atoms with van der Waals surface area (Å²) in [5, 5.41) is 1.93. The standard InChI is InChI=1S/C25H26N2O5S2/c1-4-11-31-18-9-7-17(8-10-18)15-20-23(28)27-22(19-6-5-14-33-19)21(16(2)26-25(27)34-20)24(29)32-13-12-30-3/h5-10,14-15,22H,4,11-13H2,1-3H3/b20-15+. The molecule has 2 aromatic heterocycles. The van der Waals surface area contributed by atoms with Crippen LogP contribution in [0.15, 0.2) is 62.8 Å². The van der Waals surface area contributed by atoms with Gasteiger partial charge < -0.3 is 14.2 Å². The second kappa shape index (κ2) is 10.9. The third-order valence-corrected chi connectivity index (χ3v) is 7.13. The minimum Gasteiger partial charge on any atom is -0.494 e. The molecule has 178 valence electrons. The maximum Gasteiger partial charge on any atom is 0.338 e. The Labute approximate surface area is 205 Å². The van der Waals surface area contributed by atoms with Crippen molar-refractivity contribution in [2.45, 2.75) is 26.3 Å². The molecule has 0 spiro atoms. The van der Waals surface area contributed by atoms with Crippen LogP contribution in [0.5, 0.6) is 5.75 Å². The molecule has 3 aromatic rings. The summed E-state index contributed by atoms with van der Waals surface area (Å²) in [7, 11) is 1.55. The molecule has 7 nitrogen and oxygen atoms in total. The predicted octanol–water partition coefficient (Wildman–Crippen LogP) is 3.28. The van der Waals surface area contributed by atoms with E-state index in [1.54, 1.807) is 18.6 Å². The minimum absolute atomic E-state index is 0.131. The first-order chi connectivity index (χ1) is 16.5. The fraction of sp³-hybridized carbons (Fsp3) is 0.320. The van der Waals surface area contributed by atoms with Gasteiger partial charge in [0.2, 0.25) is 0 Å². The largest absolute Gasteiger partial charge is 0.494 e. The molecular weight excluding hydrogens is 472 g/mol. The molecule has 4 rings (SSSR count). The number of fused-ring (bicyclic) bond motifs is 1. The van der Waals surface area contributed by atoms with Crippen LogP contribution in [0.4, 0.5) is 0 Å². The molecule has 0 radical (unpaired) electrons. The van der Waals surface area contributed by atoms with Crippen LogP contribution in [0.1, 0.15) is 36.8 Å². The Morgan fingerprint density at radius 1 is 1.18 bits per heavy atom. The fourth-order valence-electron chi connectivity index (χ4n) is 3.63. The highest BCUT2D eigenvalue weighted by Gasteiger charge is 2.34. The van der Waals surface area contributed by atoms with E-state index in [0.29, 0.717) is 33.8 Å². The van der Waals surface area contributed by atoms with Crippen LogP contribution in [0.3, 0.4) is 0 Å². The van der Waals surface area contributed by atoms with Crippen molar-refractivity contribution in [1.82, 2.24) is 4.57 Å². The summed E-state index contributed by atoms with van der Waals surface area (Å²) in [4.78, 5) is 32.6. The molecule has 1 aliphatic rings. The predicted molar refractivity (Wildman–Crippen MR) is 133 cm³/mol. The van der Waals surface area contributed by atoms with Crippen molar-refractivity contribution >= 4 is 34.7 Å². The molecule has 0 saturated carbocycles. The van der Waals surface area contributed by atoms with E-state index in [9.17, 15) is 9.59 Å². The van der Waals surface area contributed by atoms with Gasteiger partial charge in [-0.15, -0.1) is 11.3 Å². The van der Waals surface area contributed by atoms with Gasteiger partial charge >= 0.3 is 5.97 Å². The van der Waals surface area contributed by atoms with Crippen molar-refractivity contribution in [2.75, 3.05) is 26.9 Å². The SMILES string of the molecule is CCCOc1ccc(/C=c2/sc3n(c2=O)C(c2cccs2)C(C(=O)OCCOC)=C(C)N=3)cc1. The van der Waals surface area contributed by atoms with Crippen LogP contribution in [-0.4, -0.2) is 37.5 Å². The Balaban J connectivity index is 1.75. The Kier molecular flexibility index (Phi) is 7.77. The Morgan fingerprint density at radius 3 is 2.65 bits per heavy atom. The van der Waals surface area contributed by atoms with Gasteiger partial charge in [-0.05, 0) is 48.6 Å². The van der Waals surface area contributed by atoms with Crippen LogP contribution < -0.4 is 19.6 Å². The number of aromatic nitrogens is 1. The highest BCUT2D eigenvalue weighted by atomic mass is 32.1. The van der Waals surface area contributed by atoms with Crippen LogP contribution >= 0.6 is 22.7 Å². The first-order valence-corrected chi connectivity index (χ1v) is 12.7. The molecule has 34 heavy (non-hydrogen) atoms. The van der Waals surface area contributed by atoms with E-state index < -0.39 is 12.0 Å². The van der Waals surface area contributed by atoms with Crippen LogP contribution in [0.25, 0.3) is 6.08 Å². The third kappa shape index (κ3) is 5.06. The number of methoxy groups -OCH3 is 1. The molecule has 0 bridgehead atoms. The smallest absolute Gasteiger partial charge is 0.338 e. The summed E-state index contributed by atoms with van der Waals surface area (Å²) >= 11 is 2.80. The molecule has 9 heteroatoms. The monoisotopic (exact) mass is 498 g/mol. The van der Waals surface area contributed by atoms with Gasteiger partial charge in [0.05, 0.1) is 29.0 Å². The molecule has 0 N–H and O–H groups in total. The maximum absolute atomic E-state index is 13.5. The summed E-state index contributed by atoms with van der Waals surface area (Å²) in [5.74, 6) is 0.305. The zero-order chi connectivity index (χ0) is 24.1. The summed E-state index contributed by atoms with van der Waals surface area (Å²) in [6.07, 6.45) is 2.78. The molecule has 0 fully saturated rings. The highest BCUT2D eigenvalue weighted by molar-refractivity contribution is 7.10. The van der Waals surface area contributed by atoms with E-state index in [1.165, 1.54) is 22.7 Å². The maximum atomic E-state index is 13.5. The number of carbonyl (C=O) groups is 1. The Bertz CT molecular complexity index is 1350. The van der Waals surface area contributed by atoms with E-state index in [-0.39, 0.29) is 12.2 Å². The van der Waals surface area contributed by atoms with Crippen LogP contribution in [-0.2, 0) is 14.3 Å². The van der Waals surface area contributed by atoms with E-state index in [2.05, 4.69) is 11.9 Å². The van der Waals surface area contributed by atoms with E-state index in [1.807, 2.05) is 47.9 Å². The Morgan fingerprint density at radius 2 is 1.97 bits per heavy atom. The molecule has 1 unspecified atom stereocenters. The number of benzene rings is 1. The van der Waals surface area contributed by atoms with Crippen LogP contribution in [0.2, 0.25) is 0 Å². The van der Waals surface area contributed by atoms with Crippen LogP contribution in [0, 0.1) is 0 Å². The minimum atomic E-state index is -0.585.